The van der Waals surface area contributed by atoms with Gasteiger partial charge in [-0.2, -0.15) is 0 Å². The number of benzene rings is 2. The van der Waals surface area contributed by atoms with E-state index in [1.807, 2.05) is 54.7 Å². The number of hydrogen-bond acceptors (Lipinski definition) is 4. The van der Waals surface area contributed by atoms with E-state index >= 15 is 0 Å². The topological polar surface area (TPSA) is 63.2 Å². The van der Waals surface area contributed by atoms with E-state index in [0.29, 0.717) is 23.1 Å². The van der Waals surface area contributed by atoms with Gasteiger partial charge < -0.3 is 0 Å². The zero-order valence-corrected chi connectivity index (χ0v) is 18.8. The van der Waals surface area contributed by atoms with Crippen molar-refractivity contribution in [2.75, 3.05) is 19.3 Å². The van der Waals surface area contributed by atoms with Crippen LogP contribution in [0.1, 0.15) is 24.5 Å². The molecule has 0 spiro atoms. The molecule has 0 atom stereocenters. The minimum absolute atomic E-state index is 0.167. The van der Waals surface area contributed by atoms with Crippen molar-refractivity contribution in [1.29, 1.82) is 0 Å². The molecule has 1 aliphatic heterocycles. The molecule has 0 amide bonds. The Morgan fingerprint density at radius 2 is 1.37 bits per heavy atom. The third-order valence-electron chi connectivity index (χ3n) is 5.37. The van der Waals surface area contributed by atoms with Gasteiger partial charge in [-0.1, -0.05) is 47.5 Å². The van der Waals surface area contributed by atoms with Crippen LogP contribution in [0.4, 0.5) is 0 Å². The first-order chi connectivity index (χ1) is 14.3. The van der Waals surface area contributed by atoms with E-state index in [2.05, 4.69) is 0 Å². The van der Waals surface area contributed by atoms with Gasteiger partial charge in [-0.05, 0) is 37.1 Å². The van der Waals surface area contributed by atoms with Crippen LogP contribution in [0.2, 0.25) is 10.0 Å². The van der Waals surface area contributed by atoms with Gasteiger partial charge >= 0.3 is 0 Å². The summed E-state index contributed by atoms with van der Waals surface area (Å²) in [5.74, 6) is 0.167. The SMILES string of the molecule is CS(=O)(=O)N1CCC(c2cnc(-c3ccc(Cl)cc3)c(-c3ccc(Cl)cc3)n2)CC1. The quantitative estimate of drug-likeness (QED) is 0.531. The van der Waals surface area contributed by atoms with E-state index in [0.717, 1.165) is 41.1 Å². The molecule has 1 fully saturated rings. The lowest BCUT2D eigenvalue weighted by molar-refractivity contribution is 0.318. The second-order valence-corrected chi connectivity index (χ2v) is 10.3. The number of piperidine rings is 1. The van der Waals surface area contributed by atoms with Crippen molar-refractivity contribution in [1.82, 2.24) is 14.3 Å². The summed E-state index contributed by atoms with van der Waals surface area (Å²) in [6.07, 6.45) is 4.51. The summed E-state index contributed by atoms with van der Waals surface area (Å²) in [5.41, 5.74) is 4.27. The monoisotopic (exact) mass is 461 g/mol. The molecule has 2 heterocycles. The maximum Gasteiger partial charge on any atom is 0.211 e. The zero-order chi connectivity index (χ0) is 21.3. The van der Waals surface area contributed by atoms with Crippen LogP contribution in [0.25, 0.3) is 22.5 Å². The number of aromatic nitrogens is 2. The molecule has 1 aromatic heterocycles. The summed E-state index contributed by atoms with van der Waals surface area (Å²) in [6, 6.07) is 15.1. The van der Waals surface area contributed by atoms with Crippen LogP contribution in [0.5, 0.6) is 0 Å². The van der Waals surface area contributed by atoms with E-state index < -0.39 is 10.0 Å². The van der Waals surface area contributed by atoms with Crippen molar-refractivity contribution in [2.45, 2.75) is 18.8 Å². The summed E-state index contributed by atoms with van der Waals surface area (Å²) < 4.78 is 25.1. The van der Waals surface area contributed by atoms with Gasteiger partial charge in [-0.3, -0.25) is 4.98 Å². The number of halogens is 2. The molecule has 2 aromatic carbocycles. The predicted octanol–water partition coefficient (Wildman–Crippen LogP) is 5.26. The number of sulfonamides is 1. The Bertz CT molecular complexity index is 1140. The average Bonchev–Trinajstić information content (AvgIpc) is 2.74. The zero-order valence-electron chi connectivity index (χ0n) is 16.4. The van der Waals surface area contributed by atoms with E-state index in [-0.39, 0.29) is 5.92 Å². The molecule has 1 aliphatic rings. The highest BCUT2D eigenvalue weighted by molar-refractivity contribution is 7.88. The second-order valence-electron chi connectivity index (χ2n) is 7.44. The molecule has 30 heavy (non-hydrogen) atoms. The Hall–Kier alpha value is -1.99. The van der Waals surface area contributed by atoms with Gasteiger partial charge in [0.15, 0.2) is 0 Å². The molecule has 0 bridgehead atoms. The smallest absolute Gasteiger partial charge is 0.211 e. The lowest BCUT2D eigenvalue weighted by Gasteiger charge is -2.30. The van der Waals surface area contributed by atoms with Gasteiger partial charge in [-0.25, -0.2) is 17.7 Å². The molecule has 1 saturated heterocycles. The van der Waals surface area contributed by atoms with Crippen LogP contribution in [0.15, 0.2) is 54.7 Å². The largest absolute Gasteiger partial charge is 0.252 e. The van der Waals surface area contributed by atoms with Crippen molar-refractivity contribution < 1.29 is 8.42 Å². The van der Waals surface area contributed by atoms with Crippen LogP contribution >= 0.6 is 23.2 Å². The number of hydrogen-bond donors (Lipinski definition) is 0. The maximum absolute atomic E-state index is 11.8. The highest BCUT2D eigenvalue weighted by Crippen LogP contribution is 2.34. The van der Waals surface area contributed by atoms with E-state index in [1.54, 1.807) is 0 Å². The van der Waals surface area contributed by atoms with Gasteiger partial charge in [0, 0.05) is 46.4 Å². The molecule has 3 aromatic rings. The first-order valence-corrected chi connectivity index (χ1v) is 12.3. The second kappa shape index (κ2) is 8.63. The van der Waals surface area contributed by atoms with Gasteiger partial charge in [0.1, 0.15) is 0 Å². The van der Waals surface area contributed by atoms with E-state index in [4.69, 9.17) is 33.2 Å². The summed E-state index contributed by atoms with van der Waals surface area (Å²) in [7, 11) is -3.16. The summed E-state index contributed by atoms with van der Waals surface area (Å²) in [5, 5.41) is 1.32. The Morgan fingerprint density at radius 1 is 0.867 bits per heavy atom. The Morgan fingerprint density at radius 3 is 1.87 bits per heavy atom. The van der Waals surface area contributed by atoms with Crippen LogP contribution in [0, 0.1) is 0 Å². The Kier molecular flexibility index (Phi) is 6.11. The molecular formula is C22H21Cl2N3O2S. The standard InChI is InChI=1S/C22H21Cl2N3O2S/c1-30(28,29)27-12-10-15(11-13-27)20-14-25-21(16-2-6-18(23)7-3-16)22(26-20)17-4-8-19(24)9-5-17/h2-9,14-15H,10-13H2,1H3. The lowest BCUT2D eigenvalue weighted by atomic mass is 9.94. The van der Waals surface area contributed by atoms with Crippen LogP contribution in [-0.2, 0) is 10.0 Å². The third kappa shape index (κ3) is 4.67. The first-order valence-electron chi connectivity index (χ1n) is 9.65. The van der Waals surface area contributed by atoms with E-state index in [9.17, 15) is 8.42 Å². The normalized spacial score (nSPS) is 16.0. The van der Waals surface area contributed by atoms with Gasteiger partial charge in [0.2, 0.25) is 10.0 Å². The molecule has 0 N–H and O–H groups in total. The molecular weight excluding hydrogens is 441 g/mol. The molecule has 8 heteroatoms. The fourth-order valence-electron chi connectivity index (χ4n) is 3.71. The van der Waals surface area contributed by atoms with Crippen molar-refractivity contribution >= 4 is 33.2 Å². The average molecular weight is 462 g/mol. The molecule has 156 valence electrons. The van der Waals surface area contributed by atoms with Crippen LogP contribution in [0.3, 0.4) is 0 Å². The molecule has 0 saturated carbocycles. The number of nitrogens with zero attached hydrogens (tertiary/aromatic N) is 3. The van der Waals surface area contributed by atoms with E-state index in [1.165, 1.54) is 10.6 Å². The summed E-state index contributed by atoms with van der Waals surface area (Å²) >= 11 is 12.1. The summed E-state index contributed by atoms with van der Waals surface area (Å²) in [6.45, 7) is 1.00. The predicted molar refractivity (Wildman–Crippen MR) is 121 cm³/mol. The van der Waals surface area contributed by atoms with Gasteiger partial charge in [-0.15, -0.1) is 0 Å². The molecule has 0 radical (unpaired) electrons. The fraction of sp³-hybridized carbons (Fsp3) is 0.273. The maximum atomic E-state index is 11.8. The minimum atomic E-state index is -3.16. The molecule has 4 rings (SSSR count). The van der Waals surface area contributed by atoms with Crippen molar-refractivity contribution in [3.05, 3.63) is 70.5 Å². The van der Waals surface area contributed by atoms with Gasteiger partial charge in [0.05, 0.1) is 23.3 Å². The third-order valence-corrected chi connectivity index (χ3v) is 7.17. The molecule has 0 unspecified atom stereocenters. The molecule has 5 nitrogen and oxygen atoms in total. The van der Waals surface area contributed by atoms with Crippen LogP contribution in [-0.4, -0.2) is 42.0 Å². The first kappa shape index (κ1) is 21.2. The number of rotatable bonds is 4. The van der Waals surface area contributed by atoms with Crippen molar-refractivity contribution in [2.24, 2.45) is 0 Å². The summed E-state index contributed by atoms with van der Waals surface area (Å²) in [4.78, 5) is 9.73. The molecule has 0 aliphatic carbocycles. The Balaban J connectivity index is 1.71. The minimum Gasteiger partial charge on any atom is -0.252 e. The van der Waals surface area contributed by atoms with Crippen LogP contribution < -0.4 is 0 Å². The highest BCUT2D eigenvalue weighted by atomic mass is 35.5. The fourth-order valence-corrected chi connectivity index (χ4v) is 4.84. The van der Waals surface area contributed by atoms with Gasteiger partial charge in [0.25, 0.3) is 0 Å². The lowest BCUT2D eigenvalue weighted by Crippen LogP contribution is -2.37. The highest BCUT2D eigenvalue weighted by Gasteiger charge is 2.27. The van der Waals surface area contributed by atoms with Crippen molar-refractivity contribution in [3.63, 3.8) is 0 Å². The Labute approximate surface area is 186 Å². The van der Waals surface area contributed by atoms with Crippen molar-refractivity contribution in [3.8, 4) is 22.5 Å².